The minimum absolute atomic E-state index is 0.0447. The molecule has 0 amide bonds. The third-order valence-corrected chi connectivity index (χ3v) is 7.76. The highest BCUT2D eigenvalue weighted by atomic mass is 35.5. The van der Waals surface area contributed by atoms with Crippen LogP contribution in [-0.4, -0.2) is 17.1 Å². The Morgan fingerprint density at radius 3 is 2.77 bits per heavy atom. The summed E-state index contributed by atoms with van der Waals surface area (Å²) in [5, 5.41) is 0.690. The maximum Gasteiger partial charge on any atom is 0.302 e. The summed E-state index contributed by atoms with van der Waals surface area (Å²) in [4.78, 5) is 15.8. The average molecular weight is 426 g/mol. The van der Waals surface area contributed by atoms with Crippen molar-refractivity contribution in [3.8, 4) is 0 Å². The molecule has 1 saturated carbocycles. The van der Waals surface area contributed by atoms with Crippen molar-refractivity contribution < 1.29 is 9.53 Å². The van der Waals surface area contributed by atoms with E-state index in [2.05, 4.69) is 37.1 Å². The number of carbonyl (C=O) groups excluding carboxylic acids is 1. The predicted molar refractivity (Wildman–Crippen MR) is 122 cm³/mol. The molecule has 0 spiro atoms. The van der Waals surface area contributed by atoms with Crippen LogP contribution in [0.2, 0.25) is 5.02 Å². The molecule has 0 aliphatic heterocycles. The number of rotatable bonds is 2. The summed E-state index contributed by atoms with van der Waals surface area (Å²) < 4.78 is 5.56. The Hall–Kier alpha value is -1.87. The van der Waals surface area contributed by atoms with E-state index < -0.39 is 0 Å². The van der Waals surface area contributed by atoms with Crippen molar-refractivity contribution in [2.75, 3.05) is 0 Å². The van der Waals surface area contributed by atoms with Gasteiger partial charge in [0.05, 0.1) is 5.02 Å². The number of hydrogen-bond acceptors (Lipinski definition) is 3. The van der Waals surface area contributed by atoms with E-state index in [1.165, 1.54) is 36.5 Å². The molecule has 3 aliphatic rings. The van der Waals surface area contributed by atoms with Crippen molar-refractivity contribution in [3.05, 3.63) is 58.4 Å². The SMILES string of the molecule is CC(=O)OC1CCC2(C)CCCC3(C)C(=CC=C3c3cncc(Cl)c3)CCC=C2C1. The fraction of sp³-hybridized carbons (Fsp3) is 0.538. The summed E-state index contributed by atoms with van der Waals surface area (Å²) in [5.74, 6) is -0.162. The van der Waals surface area contributed by atoms with Crippen molar-refractivity contribution in [2.24, 2.45) is 10.8 Å². The lowest BCUT2D eigenvalue weighted by molar-refractivity contribution is -0.147. The molecule has 3 unspecified atom stereocenters. The zero-order valence-corrected chi connectivity index (χ0v) is 19.1. The Morgan fingerprint density at radius 1 is 1.17 bits per heavy atom. The quantitative estimate of drug-likeness (QED) is 0.375. The molecular weight excluding hydrogens is 394 g/mol. The number of carbonyl (C=O) groups is 1. The first kappa shape index (κ1) is 21.4. The fourth-order valence-electron chi connectivity index (χ4n) is 5.77. The number of ether oxygens (including phenoxy) is 1. The molecule has 3 atom stereocenters. The number of esters is 1. The zero-order chi connectivity index (χ0) is 21.4. The van der Waals surface area contributed by atoms with E-state index >= 15 is 0 Å². The molecule has 0 N–H and O–H groups in total. The lowest BCUT2D eigenvalue weighted by Gasteiger charge is -2.42. The highest BCUT2D eigenvalue weighted by molar-refractivity contribution is 6.30. The van der Waals surface area contributed by atoms with Crippen LogP contribution in [-0.2, 0) is 9.53 Å². The van der Waals surface area contributed by atoms with Gasteiger partial charge >= 0.3 is 5.97 Å². The average Bonchev–Trinajstić information content (AvgIpc) is 3.00. The molecule has 0 saturated heterocycles. The van der Waals surface area contributed by atoms with Gasteiger partial charge in [-0.3, -0.25) is 9.78 Å². The number of pyridine rings is 1. The molecule has 1 heterocycles. The van der Waals surface area contributed by atoms with Crippen LogP contribution in [0, 0.1) is 10.8 Å². The number of nitrogens with zero attached hydrogens (tertiary/aromatic N) is 1. The van der Waals surface area contributed by atoms with Gasteiger partial charge in [-0.05, 0) is 61.1 Å². The van der Waals surface area contributed by atoms with E-state index in [0.717, 1.165) is 44.1 Å². The molecule has 0 radical (unpaired) electrons. The fourth-order valence-corrected chi connectivity index (χ4v) is 5.95. The van der Waals surface area contributed by atoms with Crippen LogP contribution in [0.5, 0.6) is 0 Å². The second-order valence-corrected chi connectivity index (χ2v) is 10.1. The van der Waals surface area contributed by atoms with Gasteiger partial charge in [0.2, 0.25) is 0 Å². The van der Waals surface area contributed by atoms with Crippen molar-refractivity contribution in [3.63, 3.8) is 0 Å². The molecule has 3 aliphatic carbocycles. The van der Waals surface area contributed by atoms with Gasteiger partial charge in [0.25, 0.3) is 0 Å². The first-order chi connectivity index (χ1) is 14.3. The van der Waals surface area contributed by atoms with E-state index in [-0.39, 0.29) is 22.9 Å². The van der Waals surface area contributed by atoms with Gasteiger partial charge in [0.15, 0.2) is 0 Å². The van der Waals surface area contributed by atoms with Crippen LogP contribution < -0.4 is 0 Å². The maximum absolute atomic E-state index is 11.4. The van der Waals surface area contributed by atoms with E-state index in [1.807, 2.05) is 12.3 Å². The minimum Gasteiger partial charge on any atom is -0.462 e. The van der Waals surface area contributed by atoms with Gasteiger partial charge in [0, 0.05) is 31.2 Å². The second kappa shape index (κ2) is 8.34. The van der Waals surface area contributed by atoms with E-state index in [4.69, 9.17) is 16.3 Å². The molecule has 1 aromatic rings. The molecule has 30 heavy (non-hydrogen) atoms. The Labute approximate surface area is 185 Å². The van der Waals surface area contributed by atoms with E-state index in [1.54, 1.807) is 6.20 Å². The van der Waals surface area contributed by atoms with Crippen LogP contribution in [0.4, 0.5) is 0 Å². The predicted octanol–water partition coefficient (Wildman–Crippen LogP) is 7.08. The summed E-state index contributed by atoms with van der Waals surface area (Å²) in [5.41, 5.74) is 5.75. The van der Waals surface area contributed by atoms with Crippen molar-refractivity contribution >= 4 is 23.1 Å². The van der Waals surface area contributed by atoms with E-state index in [9.17, 15) is 4.79 Å². The van der Waals surface area contributed by atoms with Crippen molar-refractivity contribution in [2.45, 2.75) is 78.2 Å². The smallest absolute Gasteiger partial charge is 0.302 e. The van der Waals surface area contributed by atoms with Crippen LogP contribution in [0.25, 0.3) is 5.57 Å². The summed E-state index contributed by atoms with van der Waals surface area (Å²) in [6.07, 6.45) is 19.3. The maximum atomic E-state index is 11.4. The number of halogens is 1. The molecule has 0 aromatic carbocycles. The third-order valence-electron chi connectivity index (χ3n) is 7.55. The van der Waals surface area contributed by atoms with Crippen molar-refractivity contribution in [1.29, 1.82) is 0 Å². The Morgan fingerprint density at radius 2 is 2.00 bits per heavy atom. The lowest BCUT2D eigenvalue weighted by Crippen LogP contribution is -2.33. The van der Waals surface area contributed by atoms with Gasteiger partial charge in [-0.15, -0.1) is 0 Å². The van der Waals surface area contributed by atoms with Gasteiger partial charge in [-0.2, -0.15) is 0 Å². The molecule has 1 aromatic heterocycles. The number of aromatic nitrogens is 1. The molecule has 0 bridgehead atoms. The molecule has 1 fully saturated rings. The molecule has 4 rings (SSSR count). The van der Waals surface area contributed by atoms with Crippen LogP contribution in [0.3, 0.4) is 0 Å². The summed E-state index contributed by atoms with van der Waals surface area (Å²) in [6.45, 7) is 6.32. The minimum atomic E-state index is -0.162. The summed E-state index contributed by atoms with van der Waals surface area (Å²) in [7, 11) is 0. The zero-order valence-electron chi connectivity index (χ0n) is 18.3. The Kier molecular flexibility index (Phi) is 5.94. The van der Waals surface area contributed by atoms with Crippen LogP contribution in [0.15, 0.2) is 47.8 Å². The number of fused-ring (bicyclic) bond motifs is 2. The van der Waals surface area contributed by atoms with Gasteiger partial charge < -0.3 is 4.74 Å². The van der Waals surface area contributed by atoms with Gasteiger partial charge in [0.1, 0.15) is 6.10 Å². The van der Waals surface area contributed by atoms with Crippen LogP contribution >= 0.6 is 11.6 Å². The normalized spacial score (nSPS) is 31.6. The monoisotopic (exact) mass is 425 g/mol. The Bertz CT molecular complexity index is 931. The molecule has 4 heteroatoms. The molecule has 160 valence electrons. The van der Waals surface area contributed by atoms with Crippen LogP contribution in [0.1, 0.15) is 77.7 Å². The molecular formula is C26H32ClNO2. The topological polar surface area (TPSA) is 39.2 Å². The molecule has 3 nitrogen and oxygen atoms in total. The summed E-state index contributed by atoms with van der Waals surface area (Å²) in [6, 6.07) is 2.04. The lowest BCUT2D eigenvalue weighted by atomic mass is 9.64. The summed E-state index contributed by atoms with van der Waals surface area (Å²) >= 11 is 6.24. The first-order valence-electron chi connectivity index (χ1n) is 11.2. The second-order valence-electron chi connectivity index (χ2n) is 9.65. The highest BCUT2D eigenvalue weighted by Gasteiger charge is 2.40. The number of allylic oxidation sites excluding steroid dienone is 5. The highest BCUT2D eigenvalue weighted by Crippen LogP contribution is 2.53. The standard InChI is InChI=1S/C26H32ClNO2/c1-18(29)30-23-10-13-25(2)11-5-12-26(3)20(6-4-7-21(25)15-23)8-9-24(26)19-14-22(27)17-28-16-19/h7-9,14,16-17,23H,4-6,10-13,15H2,1-3H3. The number of hydrogen-bond donors (Lipinski definition) is 0. The van der Waals surface area contributed by atoms with Gasteiger partial charge in [-0.25, -0.2) is 0 Å². The Balaban J connectivity index is 1.56. The largest absolute Gasteiger partial charge is 0.462 e. The van der Waals surface area contributed by atoms with E-state index in [0.29, 0.717) is 5.02 Å². The van der Waals surface area contributed by atoms with Gasteiger partial charge in [-0.1, -0.05) is 61.2 Å². The third kappa shape index (κ3) is 4.14. The first-order valence-corrected chi connectivity index (χ1v) is 11.6. The van der Waals surface area contributed by atoms with Crippen molar-refractivity contribution in [1.82, 2.24) is 4.98 Å².